The molecule has 0 bridgehead atoms. The number of anilines is 1. The number of hydrogen-bond donors (Lipinski definition) is 2. The van der Waals surface area contributed by atoms with Gasteiger partial charge in [0, 0.05) is 17.9 Å². The lowest BCUT2D eigenvalue weighted by atomic mass is 9.95. The number of amides is 2. The number of nitrogens with one attached hydrogen (secondary N) is 2. The van der Waals surface area contributed by atoms with Crippen LogP contribution in [0.5, 0.6) is 0 Å². The molecular formula is C22H25FN2O3. The van der Waals surface area contributed by atoms with E-state index in [9.17, 15) is 14.0 Å². The van der Waals surface area contributed by atoms with Crippen molar-refractivity contribution in [1.29, 1.82) is 0 Å². The fourth-order valence-corrected chi connectivity index (χ4v) is 3.27. The Kier molecular flexibility index (Phi) is 6.41. The molecule has 1 fully saturated rings. The molecule has 2 atom stereocenters. The molecule has 3 rings (SSSR count). The van der Waals surface area contributed by atoms with Gasteiger partial charge in [0.05, 0.1) is 6.04 Å². The van der Waals surface area contributed by atoms with Crippen molar-refractivity contribution in [2.24, 2.45) is 5.92 Å². The molecule has 0 unspecified atom stereocenters. The van der Waals surface area contributed by atoms with Gasteiger partial charge < -0.3 is 15.4 Å². The molecule has 148 valence electrons. The van der Waals surface area contributed by atoms with Crippen molar-refractivity contribution in [3.8, 4) is 0 Å². The summed E-state index contributed by atoms with van der Waals surface area (Å²) >= 11 is 0. The third kappa shape index (κ3) is 4.95. The minimum atomic E-state index is -0.429. The van der Waals surface area contributed by atoms with Crippen molar-refractivity contribution in [1.82, 2.24) is 5.32 Å². The monoisotopic (exact) mass is 384 g/mol. The van der Waals surface area contributed by atoms with Crippen molar-refractivity contribution < 1.29 is 18.7 Å². The van der Waals surface area contributed by atoms with Gasteiger partial charge >= 0.3 is 0 Å². The summed E-state index contributed by atoms with van der Waals surface area (Å²) in [5.41, 5.74) is 1.83. The summed E-state index contributed by atoms with van der Waals surface area (Å²) in [7, 11) is 0. The molecule has 0 aromatic heterocycles. The van der Waals surface area contributed by atoms with Gasteiger partial charge in [0.15, 0.2) is 0 Å². The summed E-state index contributed by atoms with van der Waals surface area (Å²) in [4.78, 5) is 25.0. The fraction of sp³-hybridized carbons (Fsp3) is 0.364. The highest BCUT2D eigenvalue weighted by molar-refractivity contribution is 5.98. The Labute approximate surface area is 164 Å². The van der Waals surface area contributed by atoms with Crippen LogP contribution in [0.4, 0.5) is 10.1 Å². The normalized spacial score (nSPS) is 17.4. The minimum Gasteiger partial charge on any atom is -0.368 e. The highest BCUT2D eigenvalue weighted by Gasteiger charge is 2.24. The molecule has 1 heterocycles. The minimum absolute atomic E-state index is 0.122. The maximum absolute atomic E-state index is 13.2. The first-order valence-electron chi connectivity index (χ1n) is 9.53. The van der Waals surface area contributed by atoms with Crippen LogP contribution in [0.2, 0.25) is 0 Å². The Morgan fingerprint density at radius 3 is 2.54 bits per heavy atom. The molecule has 2 aromatic rings. The standard InChI is InChI=1S/C22H25FN2O3/c1-14(2)20(15-8-10-17(23)11-9-15)25-21(26)16-5-3-6-18(13-16)24-22(27)19-7-4-12-28-19/h3,5-6,8-11,13-14,19-20H,4,7,12H2,1-2H3,(H,24,27)(H,25,26)/t19-,20+/m1/s1. The van der Waals surface area contributed by atoms with Crippen LogP contribution in [0.1, 0.15) is 48.7 Å². The van der Waals surface area contributed by atoms with Crippen LogP contribution in [0, 0.1) is 11.7 Å². The molecule has 2 N–H and O–H groups in total. The molecule has 0 aliphatic carbocycles. The second kappa shape index (κ2) is 8.97. The third-order valence-corrected chi connectivity index (χ3v) is 4.80. The molecule has 0 saturated carbocycles. The van der Waals surface area contributed by atoms with E-state index < -0.39 is 6.10 Å². The van der Waals surface area contributed by atoms with Crippen LogP contribution in [0.15, 0.2) is 48.5 Å². The summed E-state index contributed by atoms with van der Waals surface area (Å²) < 4.78 is 18.6. The molecule has 5 nitrogen and oxygen atoms in total. The van der Waals surface area contributed by atoms with Crippen LogP contribution in [-0.4, -0.2) is 24.5 Å². The molecule has 2 aromatic carbocycles. The molecular weight excluding hydrogens is 359 g/mol. The van der Waals surface area contributed by atoms with Crippen molar-refractivity contribution in [2.75, 3.05) is 11.9 Å². The second-order valence-corrected chi connectivity index (χ2v) is 7.32. The molecule has 0 radical (unpaired) electrons. The average molecular weight is 384 g/mol. The lowest BCUT2D eigenvalue weighted by Crippen LogP contribution is -2.32. The van der Waals surface area contributed by atoms with E-state index in [0.29, 0.717) is 24.3 Å². The van der Waals surface area contributed by atoms with Gasteiger partial charge in [-0.15, -0.1) is 0 Å². The first kappa shape index (κ1) is 20.0. The van der Waals surface area contributed by atoms with Gasteiger partial charge in [0.25, 0.3) is 11.8 Å². The largest absolute Gasteiger partial charge is 0.368 e. The van der Waals surface area contributed by atoms with Crippen molar-refractivity contribution in [3.05, 3.63) is 65.5 Å². The number of benzene rings is 2. The van der Waals surface area contributed by atoms with Crippen molar-refractivity contribution >= 4 is 17.5 Å². The van der Waals surface area contributed by atoms with Crippen molar-refractivity contribution in [3.63, 3.8) is 0 Å². The highest BCUT2D eigenvalue weighted by Crippen LogP contribution is 2.23. The molecule has 2 amide bonds. The van der Waals surface area contributed by atoms with Crippen LogP contribution in [0.3, 0.4) is 0 Å². The van der Waals surface area contributed by atoms with Crippen molar-refractivity contribution in [2.45, 2.75) is 38.8 Å². The number of carbonyl (C=O) groups excluding carboxylic acids is 2. The van der Waals surface area contributed by atoms with E-state index >= 15 is 0 Å². The lowest BCUT2D eigenvalue weighted by Gasteiger charge is -2.23. The fourth-order valence-electron chi connectivity index (χ4n) is 3.27. The van der Waals surface area contributed by atoms with E-state index in [0.717, 1.165) is 12.0 Å². The topological polar surface area (TPSA) is 67.4 Å². The van der Waals surface area contributed by atoms with E-state index in [4.69, 9.17) is 4.74 Å². The number of rotatable bonds is 6. The van der Waals surface area contributed by atoms with Crippen LogP contribution in [-0.2, 0) is 9.53 Å². The summed E-state index contributed by atoms with van der Waals surface area (Å²) in [5.74, 6) is -0.637. The third-order valence-electron chi connectivity index (χ3n) is 4.80. The van der Waals surface area contributed by atoms with Gasteiger partial charge in [-0.1, -0.05) is 32.0 Å². The predicted octanol–water partition coefficient (Wildman–Crippen LogP) is 4.07. The number of carbonyl (C=O) groups is 2. The Hall–Kier alpha value is -2.73. The Morgan fingerprint density at radius 2 is 1.89 bits per heavy atom. The zero-order valence-electron chi connectivity index (χ0n) is 16.1. The van der Waals surface area contributed by atoms with E-state index in [1.165, 1.54) is 12.1 Å². The summed E-state index contributed by atoms with van der Waals surface area (Å²) in [6.07, 6.45) is 1.15. The Balaban J connectivity index is 1.70. The van der Waals surface area contributed by atoms with Gasteiger partial charge in [-0.3, -0.25) is 9.59 Å². The number of ether oxygens (including phenoxy) is 1. The highest BCUT2D eigenvalue weighted by atomic mass is 19.1. The molecule has 1 saturated heterocycles. The Bertz CT molecular complexity index is 830. The van der Waals surface area contributed by atoms with Gasteiger partial charge in [0.1, 0.15) is 11.9 Å². The van der Waals surface area contributed by atoms with Gasteiger partial charge in [-0.25, -0.2) is 4.39 Å². The Morgan fingerprint density at radius 1 is 1.14 bits per heavy atom. The molecule has 28 heavy (non-hydrogen) atoms. The SMILES string of the molecule is CC(C)[C@H](NC(=O)c1cccc(NC(=O)[C@H]2CCCO2)c1)c1ccc(F)cc1. The molecule has 1 aliphatic rings. The van der Waals surface area contributed by atoms with E-state index in [1.807, 2.05) is 13.8 Å². The number of hydrogen-bond acceptors (Lipinski definition) is 3. The van der Waals surface area contributed by atoms with Crippen LogP contribution in [0.25, 0.3) is 0 Å². The number of halogens is 1. The second-order valence-electron chi connectivity index (χ2n) is 7.32. The predicted molar refractivity (Wildman–Crippen MR) is 105 cm³/mol. The zero-order valence-corrected chi connectivity index (χ0v) is 16.1. The van der Waals surface area contributed by atoms with Gasteiger partial charge in [-0.2, -0.15) is 0 Å². The molecule has 0 spiro atoms. The summed E-state index contributed by atoms with van der Waals surface area (Å²) in [5, 5.41) is 5.81. The van der Waals surface area contributed by atoms with E-state index in [2.05, 4.69) is 10.6 Å². The molecule has 6 heteroatoms. The van der Waals surface area contributed by atoms with Crippen LogP contribution >= 0.6 is 0 Å². The van der Waals surface area contributed by atoms with E-state index in [1.54, 1.807) is 36.4 Å². The van der Waals surface area contributed by atoms with E-state index in [-0.39, 0.29) is 29.6 Å². The zero-order chi connectivity index (χ0) is 20.1. The average Bonchev–Trinajstić information content (AvgIpc) is 3.22. The summed E-state index contributed by atoms with van der Waals surface area (Å²) in [6.45, 7) is 4.58. The maximum atomic E-state index is 13.2. The van der Waals surface area contributed by atoms with Gasteiger partial charge in [0.2, 0.25) is 0 Å². The quantitative estimate of drug-likeness (QED) is 0.789. The maximum Gasteiger partial charge on any atom is 0.253 e. The molecule has 1 aliphatic heterocycles. The first-order chi connectivity index (χ1) is 13.4. The first-order valence-corrected chi connectivity index (χ1v) is 9.53. The van der Waals surface area contributed by atoms with Crippen LogP contribution < -0.4 is 10.6 Å². The lowest BCUT2D eigenvalue weighted by molar-refractivity contribution is -0.124. The smallest absolute Gasteiger partial charge is 0.253 e. The van der Waals surface area contributed by atoms with Gasteiger partial charge in [-0.05, 0) is 54.7 Å². The summed E-state index contributed by atoms with van der Waals surface area (Å²) in [6, 6.07) is 12.7.